The number of ether oxygens (including phenoxy) is 2. The Morgan fingerprint density at radius 2 is 1.65 bits per heavy atom. The van der Waals surface area contributed by atoms with E-state index in [1.807, 2.05) is 37.3 Å². The van der Waals surface area contributed by atoms with Gasteiger partial charge in [-0.2, -0.15) is 0 Å². The van der Waals surface area contributed by atoms with Gasteiger partial charge >= 0.3 is 5.97 Å². The summed E-state index contributed by atoms with van der Waals surface area (Å²) in [7, 11) is 0. The molecule has 2 aromatic carbocycles. The number of benzene rings is 2. The first-order valence-corrected chi connectivity index (χ1v) is 7.42. The Hall–Kier alpha value is -2.53. The van der Waals surface area contributed by atoms with E-state index in [-0.39, 0.29) is 18.3 Å². The lowest BCUT2D eigenvalue weighted by Gasteiger charge is -2.02. The SMILES string of the molecule is CCCOC(=O)c1ccc(O)cc1.OCCOc1ccccc1. The van der Waals surface area contributed by atoms with Crippen molar-refractivity contribution in [1.82, 2.24) is 0 Å². The summed E-state index contributed by atoms with van der Waals surface area (Å²) in [6.45, 7) is 2.79. The Balaban J connectivity index is 0.000000238. The van der Waals surface area contributed by atoms with Crippen LogP contribution in [0.2, 0.25) is 0 Å². The Bertz CT molecular complexity index is 551. The van der Waals surface area contributed by atoms with Crippen molar-refractivity contribution in [3.63, 3.8) is 0 Å². The minimum absolute atomic E-state index is 0.0644. The second-order valence-electron chi connectivity index (χ2n) is 4.57. The van der Waals surface area contributed by atoms with Gasteiger partial charge in [0.1, 0.15) is 18.1 Å². The Kier molecular flexibility index (Phi) is 8.93. The predicted molar refractivity (Wildman–Crippen MR) is 87.7 cm³/mol. The zero-order valence-corrected chi connectivity index (χ0v) is 13.1. The number of esters is 1. The molecule has 0 spiro atoms. The summed E-state index contributed by atoms with van der Waals surface area (Å²) < 4.78 is 10.0. The highest BCUT2D eigenvalue weighted by molar-refractivity contribution is 5.89. The zero-order valence-electron chi connectivity index (χ0n) is 13.1. The first-order chi connectivity index (χ1) is 11.2. The van der Waals surface area contributed by atoms with Crippen molar-refractivity contribution in [3.05, 3.63) is 60.2 Å². The molecule has 0 saturated heterocycles. The maximum Gasteiger partial charge on any atom is 0.338 e. The number of carbonyl (C=O) groups excluding carboxylic acids is 1. The van der Waals surface area contributed by atoms with Gasteiger partial charge < -0.3 is 19.7 Å². The van der Waals surface area contributed by atoms with Gasteiger partial charge in [-0.1, -0.05) is 25.1 Å². The fraction of sp³-hybridized carbons (Fsp3) is 0.278. The van der Waals surface area contributed by atoms with E-state index in [0.29, 0.717) is 18.8 Å². The molecule has 0 radical (unpaired) electrons. The van der Waals surface area contributed by atoms with Gasteiger partial charge in [-0.15, -0.1) is 0 Å². The largest absolute Gasteiger partial charge is 0.508 e. The monoisotopic (exact) mass is 318 g/mol. The average molecular weight is 318 g/mol. The number of aliphatic hydroxyl groups is 1. The van der Waals surface area contributed by atoms with Crippen LogP contribution < -0.4 is 4.74 Å². The summed E-state index contributed by atoms with van der Waals surface area (Å²) in [6.07, 6.45) is 0.809. The molecule has 0 bridgehead atoms. The van der Waals surface area contributed by atoms with E-state index < -0.39 is 0 Å². The zero-order chi connectivity index (χ0) is 16.9. The van der Waals surface area contributed by atoms with Crippen LogP contribution in [0.1, 0.15) is 23.7 Å². The molecule has 0 aliphatic heterocycles. The summed E-state index contributed by atoms with van der Waals surface area (Å²) in [6, 6.07) is 15.4. The molecule has 0 aliphatic carbocycles. The van der Waals surface area contributed by atoms with Crippen LogP contribution in [0.5, 0.6) is 11.5 Å². The third-order valence-electron chi connectivity index (χ3n) is 2.64. The highest BCUT2D eigenvalue weighted by atomic mass is 16.5. The van der Waals surface area contributed by atoms with Crippen molar-refractivity contribution in [1.29, 1.82) is 0 Å². The minimum Gasteiger partial charge on any atom is -0.508 e. The van der Waals surface area contributed by atoms with Gasteiger partial charge in [0.25, 0.3) is 0 Å². The molecule has 2 N–H and O–H groups in total. The van der Waals surface area contributed by atoms with Crippen molar-refractivity contribution < 1.29 is 24.5 Å². The highest BCUT2D eigenvalue weighted by Crippen LogP contribution is 2.10. The summed E-state index contributed by atoms with van der Waals surface area (Å²) in [5, 5.41) is 17.4. The number of hydrogen-bond donors (Lipinski definition) is 2. The first kappa shape index (κ1) is 18.5. The second-order valence-corrected chi connectivity index (χ2v) is 4.57. The highest BCUT2D eigenvalue weighted by Gasteiger charge is 2.05. The molecule has 124 valence electrons. The van der Waals surface area contributed by atoms with Gasteiger partial charge in [-0.05, 0) is 42.8 Å². The lowest BCUT2D eigenvalue weighted by Crippen LogP contribution is -2.05. The Labute approximate surface area is 136 Å². The predicted octanol–water partition coefficient (Wildman–Crippen LogP) is 3.02. The van der Waals surface area contributed by atoms with E-state index in [0.717, 1.165) is 12.2 Å². The summed E-state index contributed by atoms with van der Waals surface area (Å²) in [5.41, 5.74) is 0.464. The van der Waals surface area contributed by atoms with Crippen LogP contribution in [0.25, 0.3) is 0 Å². The van der Waals surface area contributed by atoms with Crippen LogP contribution in [-0.2, 0) is 4.74 Å². The van der Waals surface area contributed by atoms with E-state index in [9.17, 15) is 4.79 Å². The lowest BCUT2D eigenvalue weighted by atomic mass is 10.2. The maximum atomic E-state index is 11.2. The molecular weight excluding hydrogens is 296 g/mol. The third-order valence-corrected chi connectivity index (χ3v) is 2.64. The van der Waals surface area contributed by atoms with Crippen LogP contribution in [0.15, 0.2) is 54.6 Å². The number of carbonyl (C=O) groups is 1. The quantitative estimate of drug-likeness (QED) is 0.801. The number of rotatable bonds is 6. The molecule has 5 nitrogen and oxygen atoms in total. The number of aliphatic hydroxyl groups excluding tert-OH is 1. The molecule has 0 heterocycles. The molecule has 0 amide bonds. The van der Waals surface area contributed by atoms with Gasteiger partial charge in [-0.3, -0.25) is 0 Å². The Morgan fingerprint density at radius 3 is 2.22 bits per heavy atom. The number of para-hydroxylation sites is 1. The minimum atomic E-state index is -0.346. The van der Waals surface area contributed by atoms with Gasteiger partial charge in [-0.25, -0.2) is 4.79 Å². The molecule has 5 heteroatoms. The van der Waals surface area contributed by atoms with Gasteiger partial charge in [0.15, 0.2) is 0 Å². The molecule has 0 fully saturated rings. The number of phenols is 1. The van der Waals surface area contributed by atoms with E-state index in [2.05, 4.69) is 0 Å². The summed E-state index contributed by atoms with van der Waals surface area (Å²) >= 11 is 0. The number of phenolic OH excluding ortho intramolecular Hbond substituents is 1. The smallest absolute Gasteiger partial charge is 0.338 e. The fourth-order valence-corrected chi connectivity index (χ4v) is 1.56. The first-order valence-electron chi connectivity index (χ1n) is 7.42. The van der Waals surface area contributed by atoms with Crippen LogP contribution in [0.4, 0.5) is 0 Å². The van der Waals surface area contributed by atoms with Crippen LogP contribution >= 0.6 is 0 Å². The molecule has 23 heavy (non-hydrogen) atoms. The van der Waals surface area contributed by atoms with Gasteiger partial charge in [0.05, 0.1) is 18.8 Å². The number of aromatic hydroxyl groups is 1. The molecular formula is C18H22O5. The molecule has 2 aromatic rings. The average Bonchev–Trinajstić information content (AvgIpc) is 2.60. The molecule has 0 aliphatic rings. The van der Waals surface area contributed by atoms with Crippen molar-refractivity contribution >= 4 is 5.97 Å². The standard InChI is InChI=1S/C10H12O3.C8H10O2/c1-2-7-13-10(12)8-3-5-9(11)6-4-8;9-6-7-10-8-4-2-1-3-5-8/h3-6,11H,2,7H2,1H3;1-5,9H,6-7H2. The Morgan fingerprint density at radius 1 is 1.00 bits per heavy atom. The molecule has 0 saturated carbocycles. The van der Waals surface area contributed by atoms with E-state index in [4.69, 9.17) is 19.7 Å². The van der Waals surface area contributed by atoms with Gasteiger partial charge in [0, 0.05) is 0 Å². The molecule has 2 rings (SSSR count). The van der Waals surface area contributed by atoms with E-state index in [1.54, 1.807) is 0 Å². The van der Waals surface area contributed by atoms with Crippen molar-refractivity contribution in [2.24, 2.45) is 0 Å². The maximum absolute atomic E-state index is 11.2. The summed E-state index contributed by atoms with van der Waals surface area (Å²) in [5.74, 6) is 0.602. The third kappa shape index (κ3) is 7.87. The van der Waals surface area contributed by atoms with Crippen LogP contribution in [-0.4, -0.2) is 36.0 Å². The second kappa shape index (κ2) is 11.1. The molecule has 0 unspecified atom stereocenters. The topological polar surface area (TPSA) is 76.0 Å². The van der Waals surface area contributed by atoms with Crippen molar-refractivity contribution in [2.45, 2.75) is 13.3 Å². The molecule has 0 aromatic heterocycles. The van der Waals surface area contributed by atoms with Gasteiger partial charge in [0.2, 0.25) is 0 Å². The lowest BCUT2D eigenvalue weighted by molar-refractivity contribution is 0.0505. The molecule has 0 atom stereocenters. The summed E-state index contributed by atoms with van der Waals surface area (Å²) in [4.78, 5) is 11.2. The van der Waals surface area contributed by atoms with E-state index >= 15 is 0 Å². The number of hydrogen-bond acceptors (Lipinski definition) is 5. The van der Waals surface area contributed by atoms with E-state index in [1.165, 1.54) is 24.3 Å². The normalized spacial score (nSPS) is 9.48. The van der Waals surface area contributed by atoms with Crippen LogP contribution in [0.3, 0.4) is 0 Å². The van der Waals surface area contributed by atoms with Crippen LogP contribution in [0, 0.1) is 0 Å². The fourth-order valence-electron chi connectivity index (χ4n) is 1.56. The van der Waals surface area contributed by atoms with Crippen molar-refractivity contribution in [2.75, 3.05) is 19.8 Å². The van der Waals surface area contributed by atoms with Crippen molar-refractivity contribution in [3.8, 4) is 11.5 Å².